The van der Waals surface area contributed by atoms with Gasteiger partial charge in [0.1, 0.15) is 44.8 Å². The van der Waals surface area contributed by atoms with E-state index in [0.29, 0.717) is 26.3 Å². The van der Waals surface area contributed by atoms with Crippen LogP contribution in [0.15, 0.2) is 119 Å². The minimum absolute atomic E-state index is 0.0888. The topological polar surface area (TPSA) is 200 Å². The minimum Gasteiger partial charge on any atom is -0.744 e. The van der Waals surface area contributed by atoms with Crippen LogP contribution in [-0.4, -0.2) is 142 Å². The molecule has 0 fully saturated rings. The largest absolute Gasteiger partial charge is 0.744 e. The average Bonchev–Trinajstić information content (AvgIpc) is 3.25. The Balaban J connectivity index is 0.000000530. The first kappa shape index (κ1) is 55.7. The Labute approximate surface area is 386 Å². The van der Waals surface area contributed by atoms with Crippen LogP contribution >= 0.6 is 0 Å². The molecule has 15 nitrogen and oxygen atoms in total. The molecule has 4 rings (SSSR count). The van der Waals surface area contributed by atoms with Crippen molar-refractivity contribution >= 4 is 44.2 Å². The Hall–Kier alpha value is -5.40. The molecule has 0 aromatic heterocycles. The van der Waals surface area contributed by atoms with E-state index in [4.69, 9.17) is 14.2 Å². The van der Waals surface area contributed by atoms with E-state index in [9.17, 15) is 35.5 Å². The van der Waals surface area contributed by atoms with Crippen molar-refractivity contribution in [3.63, 3.8) is 0 Å². The van der Waals surface area contributed by atoms with Gasteiger partial charge in [-0.2, -0.15) is 0 Å². The fraction of sp³-hybridized carbons (Fsp3) is 0.375. The normalized spacial score (nSPS) is 11.8. The van der Waals surface area contributed by atoms with E-state index < -0.39 is 20.2 Å². The van der Waals surface area contributed by atoms with E-state index in [0.717, 1.165) is 81.7 Å². The molecule has 0 aliphatic heterocycles. The van der Waals surface area contributed by atoms with Crippen molar-refractivity contribution in [2.24, 2.45) is 0 Å². The van der Waals surface area contributed by atoms with Crippen molar-refractivity contribution in [2.45, 2.75) is 36.5 Å². The summed E-state index contributed by atoms with van der Waals surface area (Å²) in [6.45, 7) is 10.0. The summed E-state index contributed by atoms with van der Waals surface area (Å²) in [5, 5.41) is 5.92. The number of benzene rings is 4. The van der Waals surface area contributed by atoms with Gasteiger partial charge in [-0.05, 0) is 85.7 Å². The van der Waals surface area contributed by atoms with E-state index in [2.05, 4.69) is 38.8 Å². The SMILES string of the molecule is COc1ccc(/C=C/C(=O)NCCC[N+](C)(C)CCOCC[N+](C)(C)CCCNC(=O)/C=C/c2ccc(OC)cc2)cc1.Cc1ccc(S(=O)(=O)[O-])cc1.Cc1ccc(S(=O)(=O)[O-])cc1. The maximum absolute atomic E-state index is 12.1. The number of carbonyl (C=O) groups is 2. The summed E-state index contributed by atoms with van der Waals surface area (Å²) in [5.74, 6) is 1.41. The van der Waals surface area contributed by atoms with Crippen molar-refractivity contribution in [3.8, 4) is 11.5 Å². The highest BCUT2D eigenvalue weighted by Gasteiger charge is 2.17. The molecule has 2 amide bonds. The highest BCUT2D eigenvalue weighted by Crippen LogP contribution is 2.14. The third kappa shape index (κ3) is 25.0. The van der Waals surface area contributed by atoms with Gasteiger partial charge in [-0.25, -0.2) is 16.8 Å². The summed E-state index contributed by atoms with van der Waals surface area (Å²) < 4.78 is 80.3. The predicted molar refractivity (Wildman–Crippen MR) is 252 cm³/mol. The first-order valence-corrected chi connectivity index (χ1v) is 23.8. The second-order valence-corrected chi connectivity index (χ2v) is 19.2. The molecule has 0 aliphatic rings. The van der Waals surface area contributed by atoms with Crippen LogP contribution in [-0.2, 0) is 34.6 Å². The number of hydrogen-bond acceptors (Lipinski definition) is 11. The number of carbonyl (C=O) groups excluding carboxylic acids is 2. The van der Waals surface area contributed by atoms with E-state index in [1.807, 2.05) is 62.4 Å². The highest BCUT2D eigenvalue weighted by atomic mass is 32.2. The third-order valence-corrected chi connectivity index (χ3v) is 11.6. The maximum Gasteiger partial charge on any atom is 0.244 e. The average molecular weight is 939 g/mol. The summed E-state index contributed by atoms with van der Waals surface area (Å²) in [7, 11) is 3.48. The first-order chi connectivity index (χ1) is 30.5. The second-order valence-electron chi connectivity index (χ2n) is 16.4. The summed E-state index contributed by atoms with van der Waals surface area (Å²) >= 11 is 0. The zero-order valence-corrected chi connectivity index (χ0v) is 40.5. The molecule has 0 unspecified atom stereocenters. The quantitative estimate of drug-likeness (QED) is 0.0442. The number of amides is 2. The number of aryl methyl sites for hydroxylation is 2. The Kier molecular flexibility index (Phi) is 23.9. The van der Waals surface area contributed by atoms with Gasteiger partial charge in [0.05, 0.1) is 78.5 Å². The molecule has 0 spiro atoms. The number of nitrogens with one attached hydrogen (secondary N) is 2. The van der Waals surface area contributed by atoms with Gasteiger partial charge in [0.2, 0.25) is 11.8 Å². The molecular weight excluding hydrogens is 873 g/mol. The fourth-order valence-corrected chi connectivity index (χ4v) is 6.63. The molecule has 4 aromatic carbocycles. The Bertz CT molecular complexity index is 2150. The molecule has 17 heteroatoms. The molecule has 0 heterocycles. The zero-order valence-electron chi connectivity index (χ0n) is 38.8. The number of methoxy groups -OCH3 is 2. The number of likely N-dealkylation sites (N-methyl/N-ethyl adjacent to an activating group) is 2. The molecular formula is C48H66N4O11S2. The van der Waals surface area contributed by atoms with Crippen LogP contribution in [0.25, 0.3) is 12.2 Å². The summed E-state index contributed by atoms with van der Waals surface area (Å²) in [4.78, 5) is 23.9. The van der Waals surface area contributed by atoms with Crippen LogP contribution in [0.3, 0.4) is 0 Å². The molecule has 65 heavy (non-hydrogen) atoms. The van der Waals surface area contributed by atoms with E-state index in [1.165, 1.54) is 24.3 Å². The van der Waals surface area contributed by atoms with Gasteiger partial charge in [0, 0.05) is 38.1 Å². The molecule has 356 valence electrons. The summed E-state index contributed by atoms with van der Waals surface area (Å²) in [6.07, 6.45) is 8.52. The molecule has 4 aromatic rings. The zero-order chi connectivity index (χ0) is 48.5. The second kappa shape index (κ2) is 27.8. The molecule has 0 bridgehead atoms. The van der Waals surface area contributed by atoms with E-state index >= 15 is 0 Å². The van der Waals surface area contributed by atoms with Gasteiger partial charge in [-0.15, -0.1) is 0 Å². The lowest BCUT2D eigenvalue weighted by Gasteiger charge is -2.31. The molecule has 0 saturated carbocycles. The van der Waals surface area contributed by atoms with Gasteiger partial charge in [-0.1, -0.05) is 59.7 Å². The van der Waals surface area contributed by atoms with Crippen LogP contribution in [0.5, 0.6) is 11.5 Å². The van der Waals surface area contributed by atoms with E-state index in [-0.39, 0.29) is 21.6 Å². The predicted octanol–water partition coefficient (Wildman–Crippen LogP) is 5.41. The van der Waals surface area contributed by atoms with Crippen molar-refractivity contribution in [2.75, 3.05) is 94.9 Å². The van der Waals surface area contributed by atoms with Crippen molar-refractivity contribution in [1.29, 1.82) is 0 Å². The standard InChI is InChI=1S/C34H50N4O5.2C7H8O3S/c1-37(2,23-7-21-35-33(39)19-13-29-9-15-31(41-5)16-10-29)25-27-43-28-26-38(3,4)24-8-22-36-34(40)20-14-30-11-17-32(42-6)18-12-30;2*1-6-2-4-7(5-3-6)11(8,9)10/h9-20H,7-8,21-28H2,1-6H3;2*2-5H,1H3,(H,8,9,10)/b19-13+,20-14+;;. The smallest absolute Gasteiger partial charge is 0.244 e. The lowest BCUT2D eigenvalue weighted by molar-refractivity contribution is -0.894. The van der Waals surface area contributed by atoms with Crippen molar-refractivity contribution in [3.05, 3.63) is 131 Å². The lowest BCUT2D eigenvalue weighted by Crippen LogP contribution is -2.46. The minimum atomic E-state index is -4.27. The van der Waals surface area contributed by atoms with Crippen molar-refractivity contribution < 1.29 is 58.7 Å². The van der Waals surface area contributed by atoms with Crippen molar-refractivity contribution in [1.82, 2.24) is 10.6 Å². The number of ether oxygens (including phenoxy) is 3. The van der Waals surface area contributed by atoms with Gasteiger partial charge < -0.3 is 42.9 Å². The van der Waals surface area contributed by atoms with Gasteiger partial charge in [0.15, 0.2) is 0 Å². The Morgan fingerprint density at radius 3 is 1.15 bits per heavy atom. The number of quaternary nitrogens is 2. The van der Waals surface area contributed by atoms with Gasteiger partial charge >= 0.3 is 0 Å². The van der Waals surface area contributed by atoms with E-state index in [1.54, 1.807) is 62.8 Å². The number of hydrogen-bond donors (Lipinski definition) is 2. The van der Waals surface area contributed by atoms with Crippen LogP contribution in [0.4, 0.5) is 0 Å². The summed E-state index contributed by atoms with van der Waals surface area (Å²) in [6, 6.07) is 26.7. The molecule has 0 saturated heterocycles. The Morgan fingerprint density at radius 1 is 0.538 bits per heavy atom. The Morgan fingerprint density at radius 2 is 0.862 bits per heavy atom. The molecule has 2 N–H and O–H groups in total. The fourth-order valence-electron chi connectivity index (χ4n) is 5.69. The molecule has 0 radical (unpaired) electrons. The maximum atomic E-state index is 12.1. The number of rotatable bonds is 22. The van der Waals surface area contributed by atoms with Gasteiger partial charge in [0.25, 0.3) is 0 Å². The first-order valence-electron chi connectivity index (χ1n) is 21.0. The highest BCUT2D eigenvalue weighted by molar-refractivity contribution is 7.86. The third-order valence-electron chi connectivity index (χ3n) is 9.87. The van der Waals surface area contributed by atoms with Crippen LogP contribution < -0.4 is 20.1 Å². The lowest BCUT2D eigenvalue weighted by atomic mass is 10.2. The van der Waals surface area contributed by atoms with Crippen LogP contribution in [0.1, 0.15) is 35.1 Å². The molecule has 0 atom stereocenters. The number of nitrogens with zero attached hydrogens (tertiary/aromatic N) is 2. The summed E-state index contributed by atoms with van der Waals surface area (Å²) in [5.41, 5.74) is 3.76. The van der Waals surface area contributed by atoms with Gasteiger partial charge in [-0.3, -0.25) is 9.59 Å². The van der Waals surface area contributed by atoms with Crippen LogP contribution in [0, 0.1) is 13.8 Å². The monoisotopic (exact) mass is 938 g/mol. The molecule has 0 aliphatic carbocycles. The van der Waals surface area contributed by atoms with Crippen LogP contribution in [0.2, 0.25) is 0 Å².